The summed E-state index contributed by atoms with van der Waals surface area (Å²) in [7, 11) is 1.63. The first-order chi connectivity index (χ1) is 12.0. The first-order valence-corrected chi connectivity index (χ1v) is 8.30. The van der Waals surface area contributed by atoms with E-state index in [2.05, 4.69) is 15.6 Å². The Morgan fingerprint density at radius 1 is 1.08 bits per heavy atom. The number of para-hydroxylation sites is 1. The largest absolute Gasteiger partial charge is 0.491 e. The molecule has 9 heteroatoms. The van der Waals surface area contributed by atoms with E-state index in [1.165, 1.54) is 18.2 Å². The van der Waals surface area contributed by atoms with Crippen LogP contribution in [0.4, 0.5) is 13.2 Å². The van der Waals surface area contributed by atoms with Crippen LogP contribution in [0.3, 0.4) is 0 Å². The summed E-state index contributed by atoms with van der Waals surface area (Å²) in [6.45, 7) is 4.58. The molecule has 0 aromatic heterocycles. The lowest BCUT2D eigenvalue weighted by Gasteiger charge is -2.15. The molecule has 0 atom stereocenters. The van der Waals surface area contributed by atoms with Crippen molar-refractivity contribution in [1.29, 1.82) is 0 Å². The molecule has 0 saturated carbocycles. The van der Waals surface area contributed by atoms with Crippen molar-refractivity contribution in [1.82, 2.24) is 10.6 Å². The lowest BCUT2D eigenvalue weighted by molar-refractivity contribution is -0.138. The molecule has 2 N–H and O–H groups in total. The monoisotopic (exact) mass is 489 g/mol. The zero-order valence-corrected chi connectivity index (χ0v) is 17.4. The standard InChI is InChI=1S/C17H26F3N3O2.HI/c1-3-24-12-7-6-10-22-16(21-2)23-11-13-25-15-9-5-4-8-14(15)17(18,19)20;/h4-5,8-9H,3,6-7,10-13H2,1-2H3,(H2,21,22,23);1H. The first kappa shape index (κ1) is 24.8. The number of nitrogens with one attached hydrogen (secondary N) is 2. The predicted octanol–water partition coefficient (Wildman–Crippen LogP) is 3.68. The molecule has 0 heterocycles. The van der Waals surface area contributed by atoms with Crippen LogP contribution in [0, 0.1) is 0 Å². The average molecular weight is 489 g/mol. The van der Waals surface area contributed by atoms with E-state index in [0.29, 0.717) is 19.1 Å². The highest BCUT2D eigenvalue weighted by Gasteiger charge is 2.33. The molecule has 0 amide bonds. The van der Waals surface area contributed by atoms with E-state index >= 15 is 0 Å². The fraction of sp³-hybridized carbons (Fsp3) is 0.588. The second-order valence-electron chi connectivity index (χ2n) is 5.17. The number of hydrogen-bond acceptors (Lipinski definition) is 3. The van der Waals surface area contributed by atoms with Crippen molar-refractivity contribution in [2.75, 3.05) is 40.0 Å². The van der Waals surface area contributed by atoms with Crippen LogP contribution in [0.1, 0.15) is 25.3 Å². The number of alkyl halides is 3. The maximum atomic E-state index is 12.9. The third-order valence-electron chi connectivity index (χ3n) is 3.28. The van der Waals surface area contributed by atoms with Gasteiger partial charge in [-0.05, 0) is 31.9 Å². The Morgan fingerprint density at radius 2 is 1.77 bits per heavy atom. The van der Waals surface area contributed by atoms with Gasteiger partial charge >= 0.3 is 6.18 Å². The van der Waals surface area contributed by atoms with Gasteiger partial charge in [0, 0.05) is 26.8 Å². The molecule has 5 nitrogen and oxygen atoms in total. The molecule has 1 aromatic rings. The van der Waals surface area contributed by atoms with E-state index in [-0.39, 0.29) is 36.3 Å². The molecule has 0 aliphatic rings. The Bertz CT molecular complexity index is 528. The Kier molecular flexibility index (Phi) is 13.2. The number of halogens is 4. The van der Waals surface area contributed by atoms with Gasteiger partial charge in [0.1, 0.15) is 12.4 Å². The minimum absolute atomic E-state index is 0. The lowest BCUT2D eigenvalue weighted by atomic mass is 10.2. The van der Waals surface area contributed by atoms with Crippen LogP contribution in [-0.4, -0.2) is 45.9 Å². The summed E-state index contributed by atoms with van der Waals surface area (Å²) in [5, 5.41) is 6.13. The van der Waals surface area contributed by atoms with Crippen molar-refractivity contribution in [3.8, 4) is 5.75 Å². The second kappa shape index (κ2) is 13.9. The van der Waals surface area contributed by atoms with Crippen molar-refractivity contribution in [2.45, 2.75) is 25.9 Å². The maximum Gasteiger partial charge on any atom is 0.419 e. The topological polar surface area (TPSA) is 54.9 Å². The molecule has 1 rings (SSSR count). The third-order valence-corrected chi connectivity index (χ3v) is 3.28. The normalized spacial score (nSPS) is 11.7. The summed E-state index contributed by atoms with van der Waals surface area (Å²) in [6, 6.07) is 5.17. The molecule has 0 unspecified atom stereocenters. The molecule has 26 heavy (non-hydrogen) atoms. The van der Waals surface area contributed by atoms with E-state index in [0.717, 1.165) is 32.1 Å². The van der Waals surface area contributed by atoms with Gasteiger partial charge in [-0.25, -0.2) is 0 Å². The van der Waals surface area contributed by atoms with Crippen LogP contribution in [0.25, 0.3) is 0 Å². The molecule has 150 valence electrons. The number of rotatable bonds is 10. The number of guanidine groups is 1. The van der Waals surface area contributed by atoms with Crippen LogP contribution in [0.5, 0.6) is 5.75 Å². The number of benzene rings is 1. The summed E-state index contributed by atoms with van der Waals surface area (Å²) in [5.41, 5.74) is -0.771. The molecule has 0 aliphatic carbocycles. The van der Waals surface area contributed by atoms with Crippen molar-refractivity contribution >= 4 is 29.9 Å². The Labute approximate surface area is 169 Å². The van der Waals surface area contributed by atoms with Crippen LogP contribution in [0.15, 0.2) is 29.3 Å². The molecular weight excluding hydrogens is 462 g/mol. The van der Waals surface area contributed by atoms with Crippen molar-refractivity contribution in [3.05, 3.63) is 29.8 Å². The quantitative estimate of drug-likeness (QED) is 0.228. The molecule has 0 bridgehead atoms. The van der Waals surface area contributed by atoms with Crippen LogP contribution >= 0.6 is 24.0 Å². The second-order valence-corrected chi connectivity index (χ2v) is 5.17. The summed E-state index contributed by atoms with van der Waals surface area (Å²) in [4.78, 5) is 4.05. The molecule has 0 radical (unpaired) electrons. The van der Waals surface area contributed by atoms with Gasteiger partial charge in [-0.2, -0.15) is 13.2 Å². The van der Waals surface area contributed by atoms with Crippen LogP contribution < -0.4 is 15.4 Å². The Balaban J connectivity index is 0.00000625. The van der Waals surface area contributed by atoms with E-state index in [1.54, 1.807) is 7.05 Å². The summed E-state index contributed by atoms with van der Waals surface area (Å²) in [6.07, 6.45) is -2.53. The zero-order valence-electron chi connectivity index (χ0n) is 15.1. The first-order valence-electron chi connectivity index (χ1n) is 8.30. The minimum atomic E-state index is -4.43. The number of aliphatic imine (C=N–C) groups is 1. The van der Waals surface area contributed by atoms with Crippen molar-refractivity contribution in [3.63, 3.8) is 0 Å². The Hall–Kier alpha value is -1.23. The van der Waals surface area contributed by atoms with Gasteiger partial charge < -0.3 is 20.1 Å². The highest BCUT2D eigenvalue weighted by Crippen LogP contribution is 2.35. The Morgan fingerprint density at radius 3 is 2.42 bits per heavy atom. The van der Waals surface area contributed by atoms with Crippen molar-refractivity contribution < 1.29 is 22.6 Å². The average Bonchev–Trinajstić information content (AvgIpc) is 2.59. The molecule has 0 saturated heterocycles. The van der Waals surface area contributed by atoms with Crippen LogP contribution in [-0.2, 0) is 10.9 Å². The van der Waals surface area contributed by atoms with Gasteiger partial charge in [0.15, 0.2) is 5.96 Å². The van der Waals surface area contributed by atoms with E-state index in [4.69, 9.17) is 9.47 Å². The fourth-order valence-corrected chi connectivity index (χ4v) is 2.06. The molecule has 0 spiro atoms. The summed E-state index contributed by atoms with van der Waals surface area (Å²) >= 11 is 0. The van der Waals surface area contributed by atoms with Gasteiger partial charge in [-0.15, -0.1) is 24.0 Å². The minimum Gasteiger partial charge on any atom is -0.491 e. The highest BCUT2D eigenvalue weighted by atomic mass is 127. The van der Waals surface area contributed by atoms with E-state index in [1.807, 2.05) is 6.92 Å². The maximum absolute atomic E-state index is 12.9. The third kappa shape index (κ3) is 10.0. The smallest absolute Gasteiger partial charge is 0.419 e. The summed E-state index contributed by atoms with van der Waals surface area (Å²) < 4.78 is 49.1. The van der Waals surface area contributed by atoms with Gasteiger partial charge in [0.2, 0.25) is 0 Å². The number of ether oxygens (including phenoxy) is 2. The molecule has 1 aromatic carbocycles. The number of hydrogen-bond donors (Lipinski definition) is 2. The van der Waals surface area contributed by atoms with E-state index < -0.39 is 11.7 Å². The molecule has 0 fully saturated rings. The number of unbranched alkanes of at least 4 members (excludes halogenated alkanes) is 1. The highest BCUT2D eigenvalue weighted by molar-refractivity contribution is 14.0. The van der Waals surface area contributed by atoms with E-state index in [9.17, 15) is 13.2 Å². The SMILES string of the molecule is CCOCCCCNC(=NC)NCCOc1ccccc1C(F)(F)F.I. The van der Waals surface area contributed by atoms with Gasteiger partial charge in [0.25, 0.3) is 0 Å². The number of nitrogens with zero attached hydrogens (tertiary/aromatic N) is 1. The van der Waals surface area contributed by atoms with Gasteiger partial charge in [-0.3, -0.25) is 4.99 Å². The summed E-state index contributed by atoms with van der Waals surface area (Å²) in [5.74, 6) is 0.416. The van der Waals surface area contributed by atoms with Crippen LogP contribution in [0.2, 0.25) is 0 Å². The fourth-order valence-electron chi connectivity index (χ4n) is 2.06. The lowest BCUT2D eigenvalue weighted by Crippen LogP contribution is -2.39. The zero-order chi connectivity index (χ0) is 18.5. The van der Waals surface area contributed by atoms with Gasteiger partial charge in [-0.1, -0.05) is 12.1 Å². The van der Waals surface area contributed by atoms with Gasteiger partial charge in [0.05, 0.1) is 12.1 Å². The molecule has 0 aliphatic heterocycles. The van der Waals surface area contributed by atoms with Crippen molar-refractivity contribution in [2.24, 2.45) is 4.99 Å². The predicted molar refractivity (Wildman–Crippen MR) is 107 cm³/mol. The molecular formula is C17H27F3IN3O2.